The Morgan fingerprint density at radius 3 is 2.64 bits per heavy atom. The van der Waals surface area contributed by atoms with Crippen LogP contribution in [0, 0.1) is 6.92 Å². The summed E-state index contributed by atoms with van der Waals surface area (Å²) in [6, 6.07) is 13.6. The van der Waals surface area contributed by atoms with Crippen molar-refractivity contribution in [3.63, 3.8) is 0 Å². The van der Waals surface area contributed by atoms with Crippen molar-refractivity contribution in [3.8, 4) is 5.69 Å². The van der Waals surface area contributed by atoms with Crippen LogP contribution in [0.25, 0.3) is 5.69 Å². The number of benzene rings is 2. The number of anilines is 2. The number of halogens is 1. The molecule has 1 heterocycles. The second kappa shape index (κ2) is 7.19. The first-order valence-electron chi connectivity index (χ1n) is 7.52. The van der Waals surface area contributed by atoms with Crippen molar-refractivity contribution in [1.29, 1.82) is 0 Å². The Kier molecular flexibility index (Phi) is 4.81. The lowest BCUT2D eigenvalue weighted by Crippen LogP contribution is -2.28. The second-order valence-corrected chi connectivity index (χ2v) is 5.76. The van der Waals surface area contributed by atoms with Crippen molar-refractivity contribution in [3.05, 3.63) is 81.9 Å². The van der Waals surface area contributed by atoms with E-state index >= 15 is 0 Å². The van der Waals surface area contributed by atoms with Crippen LogP contribution in [-0.2, 0) is 0 Å². The van der Waals surface area contributed by atoms with E-state index in [0.29, 0.717) is 16.4 Å². The molecule has 0 atom stereocenters. The summed E-state index contributed by atoms with van der Waals surface area (Å²) in [5.74, 6) is -0.0738. The molecule has 6 nitrogen and oxygen atoms in total. The Morgan fingerprint density at radius 2 is 1.88 bits per heavy atom. The summed E-state index contributed by atoms with van der Waals surface area (Å²) in [6.07, 6.45) is 2.97. The van der Waals surface area contributed by atoms with E-state index in [9.17, 15) is 9.59 Å². The van der Waals surface area contributed by atoms with Gasteiger partial charge in [0.15, 0.2) is 0 Å². The Hall–Kier alpha value is -3.12. The lowest BCUT2D eigenvalue weighted by Gasteiger charge is -2.11. The number of nitrogens with one attached hydrogen (secondary N) is 2. The molecule has 0 aliphatic rings. The van der Waals surface area contributed by atoms with E-state index in [0.717, 1.165) is 5.56 Å². The Labute approximate surface area is 149 Å². The molecule has 3 rings (SSSR count). The van der Waals surface area contributed by atoms with Crippen molar-refractivity contribution >= 4 is 29.1 Å². The molecule has 126 valence electrons. The van der Waals surface area contributed by atoms with Gasteiger partial charge >= 0.3 is 6.03 Å². The molecule has 1 aromatic heterocycles. The quantitative estimate of drug-likeness (QED) is 0.750. The maximum Gasteiger partial charge on any atom is 0.325 e. The van der Waals surface area contributed by atoms with Crippen LogP contribution in [0.1, 0.15) is 5.56 Å². The van der Waals surface area contributed by atoms with Gasteiger partial charge in [0.05, 0.1) is 5.69 Å². The molecular formula is C18H15ClN4O2. The van der Waals surface area contributed by atoms with Crippen LogP contribution in [0.3, 0.4) is 0 Å². The third-order valence-corrected chi connectivity index (χ3v) is 3.77. The number of hydrogen-bond donors (Lipinski definition) is 2. The van der Waals surface area contributed by atoms with Gasteiger partial charge in [-0.15, -0.1) is 0 Å². The minimum Gasteiger partial charge on any atom is -0.308 e. The number of aromatic nitrogens is 2. The van der Waals surface area contributed by atoms with Crippen LogP contribution in [0.4, 0.5) is 16.3 Å². The summed E-state index contributed by atoms with van der Waals surface area (Å²) in [7, 11) is 0. The fraction of sp³-hybridized carbons (Fsp3) is 0.0556. The highest BCUT2D eigenvalue weighted by Crippen LogP contribution is 2.18. The Morgan fingerprint density at radius 1 is 1.12 bits per heavy atom. The highest BCUT2D eigenvalue weighted by atomic mass is 35.5. The molecule has 0 fully saturated rings. The SMILES string of the molecule is Cc1ccc(Cl)cc1-n1ccnc(NC(=O)Nc2ccccc2)c1=O. The van der Waals surface area contributed by atoms with Gasteiger partial charge in [0.2, 0.25) is 5.82 Å². The van der Waals surface area contributed by atoms with Gasteiger partial charge in [-0.05, 0) is 36.8 Å². The van der Waals surface area contributed by atoms with Crippen LogP contribution in [0.15, 0.2) is 65.7 Å². The lowest BCUT2D eigenvalue weighted by atomic mass is 10.2. The maximum atomic E-state index is 12.6. The number of amides is 2. The number of aryl methyl sites for hydroxylation is 1. The molecule has 0 saturated carbocycles. The topological polar surface area (TPSA) is 76.0 Å². The standard InChI is InChI=1S/C18H15ClN4O2/c1-12-7-8-13(19)11-15(12)23-10-9-20-16(17(23)24)22-18(25)21-14-5-3-2-4-6-14/h2-11H,1H3,(H2,20,21,22,25). The molecule has 2 N–H and O–H groups in total. The molecule has 3 aromatic rings. The van der Waals surface area contributed by atoms with Crippen molar-refractivity contribution in [2.45, 2.75) is 6.92 Å². The van der Waals surface area contributed by atoms with Crippen LogP contribution in [-0.4, -0.2) is 15.6 Å². The normalized spacial score (nSPS) is 10.3. The fourth-order valence-electron chi connectivity index (χ4n) is 2.32. The summed E-state index contributed by atoms with van der Waals surface area (Å²) in [6.45, 7) is 1.87. The van der Waals surface area contributed by atoms with Gasteiger partial charge in [-0.1, -0.05) is 35.9 Å². The molecule has 0 aliphatic carbocycles. The van der Waals surface area contributed by atoms with Crippen molar-refractivity contribution in [2.24, 2.45) is 0 Å². The van der Waals surface area contributed by atoms with Gasteiger partial charge < -0.3 is 5.32 Å². The van der Waals surface area contributed by atoms with E-state index in [1.165, 1.54) is 17.0 Å². The minimum atomic E-state index is -0.545. The zero-order valence-electron chi connectivity index (χ0n) is 13.4. The number of para-hydroxylation sites is 1. The number of urea groups is 1. The zero-order valence-corrected chi connectivity index (χ0v) is 14.1. The van der Waals surface area contributed by atoms with Gasteiger partial charge in [-0.3, -0.25) is 14.7 Å². The minimum absolute atomic E-state index is 0.0738. The van der Waals surface area contributed by atoms with E-state index in [2.05, 4.69) is 15.6 Å². The molecule has 0 bridgehead atoms. The Balaban J connectivity index is 1.88. The first kappa shape index (κ1) is 16.7. The highest BCUT2D eigenvalue weighted by molar-refractivity contribution is 6.30. The highest BCUT2D eigenvalue weighted by Gasteiger charge is 2.11. The van der Waals surface area contributed by atoms with Gasteiger partial charge in [-0.25, -0.2) is 9.78 Å². The number of carbonyl (C=O) groups excluding carboxylic acids is 1. The third-order valence-electron chi connectivity index (χ3n) is 3.54. The third kappa shape index (κ3) is 3.87. The fourth-order valence-corrected chi connectivity index (χ4v) is 2.49. The maximum absolute atomic E-state index is 12.6. The monoisotopic (exact) mass is 354 g/mol. The van der Waals surface area contributed by atoms with E-state index in [1.807, 2.05) is 19.1 Å². The molecule has 2 amide bonds. The van der Waals surface area contributed by atoms with E-state index in [1.54, 1.807) is 36.4 Å². The Bertz CT molecular complexity index is 970. The summed E-state index contributed by atoms with van der Waals surface area (Å²) in [5, 5.41) is 5.63. The molecule has 7 heteroatoms. The van der Waals surface area contributed by atoms with Crippen molar-refractivity contribution in [1.82, 2.24) is 9.55 Å². The summed E-state index contributed by atoms with van der Waals surface area (Å²) in [4.78, 5) is 28.7. The van der Waals surface area contributed by atoms with Crippen LogP contribution < -0.4 is 16.2 Å². The van der Waals surface area contributed by atoms with Gasteiger partial charge in [0.25, 0.3) is 5.56 Å². The zero-order chi connectivity index (χ0) is 17.8. The second-order valence-electron chi connectivity index (χ2n) is 5.33. The largest absolute Gasteiger partial charge is 0.325 e. The van der Waals surface area contributed by atoms with E-state index in [-0.39, 0.29) is 5.82 Å². The average molecular weight is 355 g/mol. The van der Waals surface area contributed by atoms with Crippen LogP contribution >= 0.6 is 11.6 Å². The number of hydrogen-bond acceptors (Lipinski definition) is 3. The molecule has 0 radical (unpaired) electrons. The predicted molar refractivity (Wildman–Crippen MR) is 98.7 cm³/mol. The molecule has 25 heavy (non-hydrogen) atoms. The van der Waals surface area contributed by atoms with Crippen LogP contribution in [0.2, 0.25) is 5.02 Å². The van der Waals surface area contributed by atoms with Crippen molar-refractivity contribution < 1.29 is 4.79 Å². The lowest BCUT2D eigenvalue weighted by molar-refractivity contribution is 0.262. The van der Waals surface area contributed by atoms with E-state index < -0.39 is 11.6 Å². The smallest absolute Gasteiger partial charge is 0.308 e. The average Bonchev–Trinajstić information content (AvgIpc) is 2.60. The molecule has 0 spiro atoms. The molecular weight excluding hydrogens is 340 g/mol. The number of rotatable bonds is 3. The predicted octanol–water partition coefficient (Wildman–Crippen LogP) is 3.84. The summed E-state index contributed by atoms with van der Waals surface area (Å²) < 4.78 is 1.40. The van der Waals surface area contributed by atoms with Crippen molar-refractivity contribution in [2.75, 3.05) is 10.6 Å². The van der Waals surface area contributed by atoms with E-state index in [4.69, 9.17) is 11.6 Å². The van der Waals surface area contributed by atoms with Gasteiger partial charge in [0, 0.05) is 23.1 Å². The first-order valence-corrected chi connectivity index (χ1v) is 7.89. The number of carbonyl (C=O) groups is 1. The summed E-state index contributed by atoms with van der Waals surface area (Å²) >= 11 is 6.02. The number of nitrogens with zero attached hydrogens (tertiary/aromatic N) is 2. The molecule has 2 aromatic carbocycles. The van der Waals surface area contributed by atoms with Gasteiger partial charge in [-0.2, -0.15) is 0 Å². The molecule has 0 unspecified atom stereocenters. The van der Waals surface area contributed by atoms with Gasteiger partial charge in [0.1, 0.15) is 0 Å². The molecule has 0 saturated heterocycles. The first-order chi connectivity index (χ1) is 12.0. The summed E-state index contributed by atoms with van der Waals surface area (Å²) in [5.41, 5.74) is 1.67. The molecule has 0 aliphatic heterocycles. The van der Waals surface area contributed by atoms with Crippen LogP contribution in [0.5, 0.6) is 0 Å².